The number of β-amino-alcohol motifs (C(OH)–C–C–N with tert-alkyl or cyclic N) is 1. The van der Waals surface area contributed by atoms with E-state index in [0.29, 0.717) is 0 Å². The van der Waals surface area contributed by atoms with Crippen LogP contribution >= 0.6 is 0 Å². The number of benzene rings is 2. The lowest BCUT2D eigenvalue weighted by atomic mass is 9.97. The van der Waals surface area contributed by atoms with E-state index in [-0.39, 0.29) is 18.5 Å². The van der Waals surface area contributed by atoms with Crippen molar-refractivity contribution in [2.75, 3.05) is 18.5 Å². The fourth-order valence-electron chi connectivity index (χ4n) is 3.16. The third-order valence-electron chi connectivity index (χ3n) is 4.25. The first-order valence-electron chi connectivity index (χ1n) is 8.18. The summed E-state index contributed by atoms with van der Waals surface area (Å²) in [7, 11) is 1.76. The molecule has 5 heteroatoms. The Hall–Kier alpha value is -2.21. The number of carbonyl (C=O) groups excluding carboxylic acids is 1. The Labute approximate surface area is 142 Å². The first-order valence-corrected chi connectivity index (χ1v) is 8.18. The molecule has 0 saturated carbocycles. The average Bonchev–Trinajstić information content (AvgIpc) is 2.71. The molecule has 2 aromatic rings. The van der Waals surface area contributed by atoms with Crippen LogP contribution in [0, 0.1) is 0 Å². The number of fused-ring (bicyclic) bond motifs is 1. The van der Waals surface area contributed by atoms with Gasteiger partial charge in [0.05, 0.1) is 18.7 Å². The molecule has 0 fully saturated rings. The van der Waals surface area contributed by atoms with Crippen molar-refractivity contribution in [1.82, 2.24) is 10.6 Å². The first-order chi connectivity index (χ1) is 11.6. The molecule has 24 heavy (non-hydrogen) atoms. The molecule has 1 amide bonds. The minimum atomic E-state index is -0.604. The van der Waals surface area contributed by atoms with Gasteiger partial charge in [0.1, 0.15) is 6.17 Å². The van der Waals surface area contributed by atoms with E-state index in [4.69, 9.17) is 0 Å². The predicted octanol–water partition coefficient (Wildman–Crippen LogP) is 1.64. The third kappa shape index (κ3) is 3.19. The molecule has 3 N–H and O–H groups in total. The molecule has 0 spiro atoms. The lowest BCUT2D eigenvalue weighted by Crippen LogP contribution is -2.53. The van der Waals surface area contributed by atoms with Crippen LogP contribution in [-0.4, -0.2) is 36.9 Å². The maximum absolute atomic E-state index is 12.9. The summed E-state index contributed by atoms with van der Waals surface area (Å²) in [5, 5.41) is 16.3. The van der Waals surface area contributed by atoms with Crippen LogP contribution in [0.15, 0.2) is 54.6 Å². The minimum Gasteiger partial charge on any atom is -0.392 e. The zero-order valence-electron chi connectivity index (χ0n) is 13.9. The maximum atomic E-state index is 12.9. The predicted molar refractivity (Wildman–Crippen MR) is 94.7 cm³/mol. The number of aliphatic hydroxyl groups is 1. The topological polar surface area (TPSA) is 64.6 Å². The molecule has 3 unspecified atom stereocenters. The zero-order chi connectivity index (χ0) is 17.1. The molecule has 0 saturated heterocycles. The van der Waals surface area contributed by atoms with Gasteiger partial charge in [-0.1, -0.05) is 48.5 Å². The number of likely N-dealkylation sites (N-methyl/N-ethyl adjacent to an activating group) is 1. The van der Waals surface area contributed by atoms with Gasteiger partial charge in [-0.2, -0.15) is 0 Å². The van der Waals surface area contributed by atoms with Gasteiger partial charge in [0.15, 0.2) is 0 Å². The van der Waals surface area contributed by atoms with E-state index < -0.39 is 12.3 Å². The Bertz CT molecular complexity index is 703. The molecule has 5 nitrogen and oxygen atoms in total. The SMILES string of the molecule is CNC1NC(c2ccccc2)c2ccccc2N(CC(C)O)C1=O. The summed E-state index contributed by atoms with van der Waals surface area (Å²) in [6.07, 6.45) is -1.13. The van der Waals surface area contributed by atoms with Gasteiger partial charge in [0.2, 0.25) is 0 Å². The molecule has 3 atom stereocenters. The van der Waals surface area contributed by atoms with Crippen LogP contribution in [0.2, 0.25) is 0 Å². The third-order valence-corrected chi connectivity index (χ3v) is 4.25. The van der Waals surface area contributed by atoms with Crippen LogP contribution < -0.4 is 15.5 Å². The number of para-hydroxylation sites is 1. The normalized spacial score (nSPS) is 22.0. The van der Waals surface area contributed by atoms with Gasteiger partial charge in [0, 0.05) is 5.69 Å². The van der Waals surface area contributed by atoms with Crippen molar-refractivity contribution < 1.29 is 9.90 Å². The Morgan fingerprint density at radius 3 is 2.50 bits per heavy atom. The summed E-state index contributed by atoms with van der Waals surface area (Å²) in [4.78, 5) is 14.6. The highest BCUT2D eigenvalue weighted by atomic mass is 16.3. The molecule has 1 heterocycles. The van der Waals surface area contributed by atoms with Crippen LogP contribution in [-0.2, 0) is 4.79 Å². The monoisotopic (exact) mass is 325 g/mol. The number of hydrogen-bond acceptors (Lipinski definition) is 4. The number of anilines is 1. The van der Waals surface area contributed by atoms with Gasteiger partial charge in [-0.3, -0.25) is 15.4 Å². The lowest BCUT2D eigenvalue weighted by molar-refractivity contribution is -0.121. The molecule has 0 radical (unpaired) electrons. The van der Waals surface area contributed by atoms with Gasteiger partial charge in [-0.15, -0.1) is 0 Å². The zero-order valence-corrected chi connectivity index (χ0v) is 13.9. The number of rotatable bonds is 4. The summed E-state index contributed by atoms with van der Waals surface area (Å²) in [6, 6.07) is 17.8. The van der Waals surface area contributed by atoms with E-state index in [1.165, 1.54) is 0 Å². The van der Waals surface area contributed by atoms with E-state index in [0.717, 1.165) is 16.8 Å². The van der Waals surface area contributed by atoms with Crippen LogP contribution in [0.1, 0.15) is 24.1 Å². The smallest absolute Gasteiger partial charge is 0.259 e. The van der Waals surface area contributed by atoms with Crippen molar-refractivity contribution >= 4 is 11.6 Å². The molecule has 0 aliphatic carbocycles. The molecule has 0 bridgehead atoms. The lowest BCUT2D eigenvalue weighted by Gasteiger charge is -2.26. The average molecular weight is 325 g/mol. The highest BCUT2D eigenvalue weighted by molar-refractivity contribution is 5.98. The summed E-state index contributed by atoms with van der Waals surface area (Å²) in [5.74, 6) is -0.0933. The Kier molecular flexibility index (Phi) is 4.94. The molecule has 1 aliphatic rings. The summed E-state index contributed by atoms with van der Waals surface area (Å²) in [6.45, 7) is 1.95. The molecule has 3 rings (SSSR count). The van der Waals surface area contributed by atoms with Crippen LogP contribution in [0.3, 0.4) is 0 Å². The molecule has 2 aromatic carbocycles. The van der Waals surface area contributed by atoms with E-state index in [1.54, 1.807) is 18.9 Å². The fourth-order valence-corrected chi connectivity index (χ4v) is 3.16. The minimum absolute atomic E-state index is 0.0933. The molecule has 0 aromatic heterocycles. The quantitative estimate of drug-likeness (QED) is 0.800. The summed E-state index contributed by atoms with van der Waals surface area (Å²) >= 11 is 0. The Morgan fingerprint density at radius 1 is 1.17 bits per heavy atom. The fraction of sp³-hybridized carbons (Fsp3) is 0.316. The Balaban J connectivity index is 2.13. The van der Waals surface area contributed by atoms with Gasteiger partial charge < -0.3 is 10.0 Å². The molecular weight excluding hydrogens is 302 g/mol. The van der Waals surface area contributed by atoms with Crippen molar-refractivity contribution in [2.45, 2.75) is 25.2 Å². The van der Waals surface area contributed by atoms with Gasteiger partial charge in [-0.05, 0) is 31.2 Å². The van der Waals surface area contributed by atoms with Gasteiger partial charge >= 0.3 is 0 Å². The number of amides is 1. The standard InChI is InChI=1S/C19H23N3O2/c1-13(23)12-22-16-11-7-6-10-15(16)17(14-8-4-3-5-9-14)21-18(20-2)19(22)24/h3-11,13,17-18,20-21,23H,12H2,1-2H3. The number of aliphatic hydroxyl groups excluding tert-OH is 1. The van der Waals surface area contributed by atoms with E-state index in [9.17, 15) is 9.90 Å². The van der Waals surface area contributed by atoms with Gasteiger partial charge in [-0.25, -0.2) is 0 Å². The maximum Gasteiger partial charge on any atom is 0.259 e. The van der Waals surface area contributed by atoms with Crippen molar-refractivity contribution in [2.24, 2.45) is 0 Å². The van der Waals surface area contributed by atoms with Crippen LogP contribution in [0.4, 0.5) is 5.69 Å². The van der Waals surface area contributed by atoms with E-state index in [2.05, 4.69) is 22.8 Å². The van der Waals surface area contributed by atoms with Crippen molar-refractivity contribution in [1.29, 1.82) is 0 Å². The summed E-state index contributed by atoms with van der Waals surface area (Å²) in [5.41, 5.74) is 2.95. The van der Waals surface area contributed by atoms with Crippen LogP contribution in [0.5, 0.6) is 0 Å². The van der Waals surface area contributed by atoms with Crippen molar-refractivity contribution in [3.05, 3.63) is 65.7 Å². The Morgan fingerprint density at radius 2 is 1.83 bits per heavy atom. The van der Waals surface area contributed by atoms with E-state index in [1.807, 2.05) is 42.5 Å². The molecule has 126 valence electrons. The largest absolute Gasteiger partial charge is 0.392 e. The highest BCUT2D eigenvalue weighted by Gasteiger charge is 2.34. The van der Waals surface area contributed by atoms with Gasteiger partial charge in [0.25, 0.3) is 5.91 Å². The van der Waals surface area contributed by atoms with Crippen LogP contribution in [0.25, 0.3) is 0 Å². The molecular formula is C19H23N3O2. The van der Waals surface area contributed by atoms with E-state index >= 15 is 0 Å². The first kappa shape index (κ1) is 16.6. The second-order valence-electron chi connectivity index (χ2n) is 6.09. The second kappa shape index (κ2) is 7.13. The second-order valence-corrected chi connectivity index (χ2v) is 6.09. The number of nitrogens with one attached hydrogen (secondary N) is 2. The number of hydrogen-bond donors (Lipinski definition) is 3. The van der Waals surface area contributed by atoms with Crippen molar-refractivity contribution in [3.63, 3.8) is 0 Å². The van der Waals surface area contributed by atoms with Crippen molar-refractivity contribution in [3.8, 4) is 0 Å². The number of carbonyl (C=O) groups is 1. The highest BCUT2D eigenvalue weighted by Crippen LogP contribution is 2.33. The summed E-state index contributed by atoms with van der Waals surface area (Å²) < 4.78 is 0. The number of nitrogens with zero attached hydrogens (tertiary/aromatic N) is 1. The molecule has 1 aliphatic heterocycles.